The van der Waals surface area contributed by atoms with Crippen LogP contribution in [0.1, 0.15) is 45.1 Å². The van der Waals surface area contributed by atoms with Gasteiger partial charge in [0.05, 0.1) is 35.3 Å². The number of benzene rings is 2. The van der Waals surface area contributed by atoms with Gasteiger partial charge in [-0.2, -0.15) is 0 Å². The third-order valence-corrected chi connectivity index (χ3v) is 8.02. The summed E-state index contributed by atoms with van der Waals surface area (Å²) in [6.07, 6.45) is 5.21. The SMILES string of the molecule is CC/C(=C\c1ccc(O)cc1Cl)CC[C@H]1OC[C@H]2C1=C(C)C[C@H]1C(=O)N(c3ccccc3)C(=O)[C@H]12. The molecule has 35 heavy (non-hydrogen) atoms. The van der Waals surface area contributed by atoms with Gasteiger partial charge in [-0.25, -0.2) is 0 Å². The molecule has 2 fully saturated rings. The number of hydrogen-bond acceptors (Lipinski definition) is 4. The molecule has 0 spiro atoms. The molecule has 1 N–H and O–H groups in total. The summed E-state index contributed by atoms with van der Waals surface area (Å²) in [6, 6.07) is 14.2. The van der Waals surface area contributed by atoms with Gasteiger partial charge in [0.15, 0.2) is 0 Å². The molecule has 0 bridgehead atoms. The van der Waals surface area contributed by atoms with E-state index in [0.717, 1.165) is 24.8 Å². The number of rotatable bonds is 6. The van der Waals surface area contributed by atoms with Crippen molar-refractivity contribution in [2.75, 3.05) is 11.5 Å². The molecular weight excluding hydrogens is 462 g/mol. The molecular formula is C29H30ClNO4. The van der Waals surface area contributed by atoms with Crippen molar-refractivity contribution in [1.29, 1.82) is 0 Å². The van der Waals surface area contributed by atoms with Crippen molar-refractivity contribution in [3.63, 3.8) is 0 Å². The lowest BCUT2D eigenvalue weighted by Gasteiger charge is -2.30. The summed E-state index contributed by atoms with van der Waals surface area (Å²) in [5.74, 6) is -0.717. The molecule has 2 aliphatic heterocycles. The summed E-state index contributed by atoms with van der Waals surface area (Å²) in [7, 11) is 0. The molecule has 1 aliphatic carbocycles. The number of aromatic hydroxyl groups is 1. The van der Waals surface area contributed by atoms with Crippen LogP contribution in [0.4, 0.5) is 5.69 Å². The Balaban J connectivity index is 1.34. The molecule has 6 heteroatoms. The second kappa shape index (κ2) is 9.63. The number of halogens is 1. The summed E-state index contributed by atoms with van der Waals surface area (Å²) in [5.41, 5.74) is 5.20. The van der Waals surface area contributed by atoms with E-state index in [1.54, 1.807) is 12.1 Å². The zero-order valence-corrected chi connectivity index (χ0v) is 20.8. The normalized spacial score (nSPS) is 26.4. The number of carbonyl (C=O) groups excluding carboxylic acids is 2. The lowest BCUT2D eigenvalue weighted by atomic mass is 9.70. The van der Waals surface area contributed by atoms with Gasteiger partial charge < -0.3 is 9.84 Å². The van der Waals surface area contributed by atoms with E-state index < -0.39 is 0 Å². The predicted octanol–water partition coefficient (Wildman–Crippen LogP) is 6.16. The molecule has 0 saturated carbocycles. The van der Waals surface area contributed by atoms with Gasteiger partial charge in [0.2, 0.25) is 11.8 Å². The highest BCUT2D eigenvalue weighted by Gasteiger charge is 2.56. The Labute approximate surface area is 211 Å². The lowest BCUT2D eigenvalue weighted by molar-refractivity contribution is -0.122. The van der Waals surface area contributed by atoms with Gasteiger partial charge >= 0.3 is 0 Å². The van der Waals surface area contributed by atoms with E-state index in [9.17, 15) is 14.7 Å². The van der Waals surface area contributed by atoms with E-state index in [4.69, 9.17) is 16.3 Å². The minimum Gasteiger partial charge on any atom is -0.508 e. The first kappa shape index (κ1) is 23.8. The molecule has 5 nitrogen and oxygen atoms in total. The Kier molecular flexibility index (Phi) is 6.56. The maximum atomic E-state index is 13.5. The average Bonchev–Trinajstić information content (AvgIpc) is 3.37. The van der Waals surface area contributed by atoms with Gasteiger partial charge in [-0.15, -0.1) is 0 Å². The number of hydrogen-bond donors (Lipinski definition) is 1. The fourth-order valence-electron chi connectivity index (χ4n) is 5.98. The molecule has 2 heterocycles. The number of anilines is 1. The Morgan fingerprint density at radius 1 is 1.14 bits per heavy atom. The summed E-state index contributed by atoms with van der Waals surface area (Å²) >= 11 is 6.30. The van der Waals surface area contributed by atoms with Crippen LogP contribution < -0.4 is 4.90 Å². The number of para-hydroxylation sites is 1. The third-order valence-electron chi connectivity index (χ3n) is 7.69. The van der Waals surface area contributed by atoms with Crippen LogP contribution in [0.3, 0.4) is 0 Å². The van der Waals surface area contributed by atoms with Crippen molar-refractivity contribution in [2.24, 2.45) is 17.8 Å². The van der Waals surface area contributed by atoms with E-state index in [2.05, 4.69) is 19.9 Å². The molecule has 2 aromatic carbocycles. The zero-order chi connectivity index (χ0) is 24.7. The number of phenolic OH excluding ortho intramolecular Hbond substituents is 1. The summed E-state index contributed by atoms with van der Waals surface area (Å²) < 4.78 is 6.26. The minimum absolute atomic E-state index is 0.0375. The van der Waals surface area contributed by atoms with Crippen LogP contribution in [0.2, 0.25) is 5.02 Å². The van der Waals surface area contributed by atoms with Crippen LogP contribution >= 0.6 is 11.6 Å². The molecule has 2 saturated heterocycles. The number of imide groups is 1. The fourth-order valence-corrected chi connectivity index (χ4v) is 6.21. The number of ether oxygens (including phenoxy) is 1. The number of fused-ring (bicyclic) bond motifs is 3. The molecule has 3 aliphatic rings. The topological polar surface area (TPSA) is 66.8 Å². The quantitative estimate of drug-likeness (QED) is 0.388. The molecule has 2 amide bonds. The van der Waals surface area contributed by atoms with Crippen molar-refractivity contribution in [1.82, 2.24) is 0 Å². The molecule has 5 rings (SSSR count). The first-order valence-electron chi connectivity index (χ1n) is 12.3. The third kappa shape index (κ3) is 4.32. The van der Waals surface area contributed by atoms with E-state index in [1.165, 1.54) is 21.6 Å². The van der Waals surface area contributed by atoms with Gasteiger partial charge in [-0.1, -0.05) is 53.9 Å². The molecule has 4 atom stereocenters. The Morgan fingerprint density at radius 3 is 2.63 bits per heavy atom. The highest BCUT2D eigenvalue weighted by molar-refractivity contribution is 6.32. The average molecular weight is 492 g/mol. The smallest absolute Gasteiger partial charge is 0.238 e. The van der Waals surface area contributed by atoms with Crippen molar-refractivity contribution >= 4 is 35.2 Å². The lowest BCUT2D eigenvalue weighted by Crippen LogP contribution is -2.34. The highest BCUT2D eigenvalue weighted by atomic mass is 35.5. The number of phenols is 1. The van der Waals surface area contributed by atoms with Crippen LogP contribution in [0.5, 0.6) is 5.75 Å². The molecule has 182 valence electrons. The molecule has 0 radical (unpaired) electrons. The summed E-state index contributed by atoms with van der Waals surface area (Å²) in [6.45, 7) is 4.69. The van der Waals surface area contributed by atoms with E-state index >= 15 is 0 Å². The Hall–Kier alpha value is -2.89. The van der Waals surface area contributed by atoms with E-state index in [0.29, 0.717) is 23.7 Å². The van der Waals surface area contributed by atoms with Crippen molar-refractivity contribution < 1.29 is 19.4 Å². The molecule has 0 aromatic heterocycles. The fraction of sp³-hybridized carbons (Fsp3) is 0.379. The second-order valence-corrected chi connectivity index (χ2v) is 10.2. The maximum Gasteiger partial charge on any atom is 0.238 e. The van der Waals surface area contributed by atoms with Crippen LogP contribution in [-0.2, 0) is 14.3 Å². The Bertz CT molecular complexity index is 1220. The van der Waals surface area contributed by atoms with Gasteiger partial charge in [0.25, 0.3) is 0 Å². The van der Waals surface area contributed by atoms with Crippen LogP contribution in [0, 0.1) is 17.8 Å². The van der Waals surface area contributed by atoms with Gasteiger partial charge in [0, 0.05) is 5.92 Å². The number of carbonyl (C=O) groups is 2. The minimum atomic E-state index is -0.344. The standard InChI is InChI=1S/C29H30ClNO4/c1-3-18(14-19-10-11-21(32)15-24(19)30)9-12-25-26-17(2)13-22-27(23(26)16-35-25)29(34)31(28(22)33)20-7-5-4-6-8-20/h4-8,10-11,14-15,22-23,25,27,32H,3,9,12-13,16H2,1-2H3/b18-14+/t22-,23+,25-,27-/m1/s1. The predicted molar refractivity (Wildman–Crippen MR) is 137 cm³/mol. The van der Waals surface area contributed by atoms with Crippen LogP contribution in [0.25, 0.3) is 6.08 Å². The number of amides is 2. The van der Waals surface area contributed by atoms with E-state index in [1.807, 2.05) is 36.4 Å². The number of nitrogens with zero attached hydrogens (tertiary/aromatic N) is 1. The van der Waals surface area contributed by atoms with Crippen LogP contribution in [0.15, 0.2) is 65.3 Å². The Morgan fingerprint density at radius 2 is 1.91 bits per heavy atom. The second-order valence-electron chi connectivity index (χ2n) is 9.75. The largest absolute Gasteiger partial charge is 0.508 e. The highest BCUT2D eigenvalue weighted by Crippen LogP contribution is 2.50. The summed E-state index contributed by atoms with van der Waals surface area (Å²) in [4.78, 5) is 28.1. The molecule has 2 aromatic rings. The maximum absolute atomic E-state index is 13.5. The van der Waals surface area contributed by atoms with Gasteiger partial charge in [-0.05, 0) is 74.1 Å². The zero-order valence-electron chi connectivity index (χ0n) is 20.0. The van der Waals surface area contributed by atoms with Crippen molar-refractivity contribution in [3.8, 4) is 5.75 Å². The summed E-state index contributed by atoms with van der Waals surface area (Å²) in [5, 5.41) is 10.1. The first-order chi connectivity index (χ1) is 16.9. The molecule has 0 unspecified atom stereocenters. The van der Waals surface area contributed by atoms with Crippen molar-refractivity contribution in [3.05, 3.63) is 75.8 Å². The first-order valence-corrected chi connectivity index (χ1v) is 12.7. The van der Waals surface area contributed by atoms with Gasteiger partial charge in [-0.3, -0.25) is 14.5 Å². The van der Waals surface area contributed by atoms with Gasteiger partial charge in [0.1, 0.15) is 5.75 Å². The number of allylic oxidation sites excluding steroid dienone is 2. The monoisotopic (exact) mass is 491 g/mol. The van der Waals surface area contributed by atoms with Crippen molar-refractivity contribution in [2.45, 2.75) is 45.6 Å². The van der Waals surface area contributed by atoms with E-state index in [-0.39, 0.29) is 41.4 Å². The van der Waals surface area contributed by atoms with Crippen LogP contribution in [-0.4, -0.2) is 29.6 Å².